The molecule has 0 atom stereocenters. The van der Waals surface area contributed by atoms with Crippen LogP contribution in [0.3, 0.4) is 0 Å². The number of alkyl halides is 6. The minimum atomic E-state index is -4.00. The third-order valence-corrected chi connectivity index (χ3v) is 7.08. The molecule has 0 aliphatic carbocycles. The second kappa shape index (κ2) is 13.1. The minimum Gasteiger partial charge on any atom is -0.311 e. The summed E-state index contributed by atoms with van der Waals surface area (Å²) in [5.74, 6) is -8.16. The first kappa shape index (κ1) is 34.9. The zero-order valence-corrected chi connectivity index (χ0v) is 21.7. The molecular weight excluding hydrogens is 596 g/mol. The van der Waals surface area contributed by atoms with E-state index in [1.165, 1.54) is 0 Å². The van der Waals surface area contributed by atoms with Crippen LogP contribution in [0.25, 0.3) is 0 Å². The van der Waals surface area contributed by atoms with Crippen LogP contribution in [0.4, 0.5) is 26.3 Å². The maximum Gasteiger partial charge on any atom is 0.350 e. The lowest BCUT2D eigenvalue weighted by Crippen LogP contribution is -2.36. The molecule has 0 saturated carbocycles. The fourth-order valence-corrected chi connectivity index (χ4v) is 4.32. The van der Waals surface area contributed by atoms with Crippen LogP contribution in [-0.4, -0.2) is 103 Å². The van der Waals surface area contributed by atoms with Crippen molar-refractivity contribution in [2.75, 3.05) is 45.5 Å². The molecule has 0 unspecified atom stereocenters. The van der Waals surface area contributed by atoms with Crippen molar-refractivity contribution >= 4 is 46.2 Å². The Kier molecular flexibility index (Phi) is 12.8. The summed E-state index contributed by atoms with van der Waals surface area (Å²) in [5.41, 5.74) is 0. The molecule has 3 N–H and O–H groups in total. The Balaban J connectivity index is 0.000000465. The van der Waals surface area contributed by atoms with Gasteiger partial charge in [-0.15, -0.1) is 0 Å². The summed E-state index contributed by atoms with van der Waals surface area (Å²) in [4.78, 5) is 9.07. The predicted octanol–water partition coefficient (Wildman–Crippen LogP) is 0.239. The molecule has 3 fully saturated rings. The van der Waals surface area contributed by atoms with Gasteiger partial charge in [-0.25, -0.2) is 44.7 Å². The van der Waals surface area contributed by atoms with E-state index in [-0.39, 0.29) is 32.5 Å². The van der Waals surface area contributed by atoms with Gasteiger partial charge in [0.1, 0.15) is 0 Å². The molecule has 22 heteroatoms. The zero-order valence-electron chi connectivity index (χ0n) is 18.5. The molecule has 3 saturated heterocycles. The van der Waals surface area contributed by atoms with Crippen molar-refractivity contribution in [1.29, 1.82) is 0 Å². The molecule has 3 rings (SSSR count). The summed E-state index contributed by atoms with van der Waals surface area (Å²) < 4.78 is 138. The standard InChI is InChI=1S/C5H9F2NO2S.C4H8F2N2O2S.C4H7F2N.CClNO3S/c1-11(9,10)8-3-2-5(6,7)4-8;5-4(6)1-2-8(3-4)11(7,9)10;5-4(6)1-2-7-3-4;2-7(5,6)3-1-4/h2-4H2,1H3;1-3H2,(H2,7,9,10);7H,1-3H2;. The number of sulfonamides is 1. The van der Waals surface area contributed by atoms with Crippen LogP contribution in [0.2, 0.25) is 0 Å². The highest BCUT2D eigenvalue weighted by Crippen LogP contribution is 2.28. The molecule has 0 aromatic rings. The van der Waals surface area contributed by atoms with Gasteiger partial charge in [0.05, 0.1) is 25.9 Å². The van der Waals surface area contributed by atoms with Crippen LogP contribution >= 0.6 is 10.7 Å². The maximum absolute atomic E-state index is 12.4. The van der Waals surface area contributed by atoms with E-state index in [2.05, 4.69) is 25.5 Å². The number of nitrogens with two attached hydrogens (primary N) is 1. The first-order chi connectivity index (χ1) is 15.9. The van der Waals surface area contributed by atoms with Crippen molar-refractivity contribution in [2.45, 2.75) is 37.0 Å². The summed E-state index contributed by atoms with van der Waals surface area (Å²) in [7, 11) is -6.96. The normalized spacial score (nSPS) is 23.1. The quantitative estimate of drug-likeness (QED) is 0.195. The second-order valence-electron chi connectivity index (χ2n) is 7.56. The number of nitrogens with zero attached hydrogens (tertiary/aromatic N) is 3. The molecule has 0 radical (unpaired) electrons. The minimum absolute atomic E-state index is 0.00694. The molecule has 214 valence electrons. The molecule has 0 aromatic heterocycles. The highest BCUT2D eigenvalue weighted by molar-refractivity contribution is 8.12. The molecule has 3 aliphatic rings. The van der Waals surface area contributed by atoms with Crippen LogP contribution < -0.4 is 10.5 Å². The van der Waals surface area contributed by atoms with E-state index in [9.17, 15) is 51.6 Å². The third kappa shape index (κ3) is 15.9. The fraction of sp³-hybridized carbons (Fsp3) is 0.929. The molecule has 3 heterocycles. The number of isocyanates is 1. The Hall–Kier alpha value is -1.06. The summed E-state index contributed by atoms with van der Waals surface area (Å²) in [6, 6.07) is 0. The highest BCUT2D eigenvalue weighted by Gasteiger charge is 2.42. The smallest absolute Gasteiger partial charge is 0.311 e. The lowest BCUT2D eigenvalue weighted by atomic mass is 10.3. The van der Waals surface area contributed by atoms with Gasteiger partial charge in [0, 0.05) is 49.6 Å². The number of halogens is 7. The Bertz CT molecular complexity index is 1040. The number of carbonyl (C=O) groups excluding carboxylic acids is 1. The summed E-state index contributed by atoms with van der Waals surface area (Å²) >= 11 is 0. The topological polar surface area (TPSA) is 176 Å². The van der Waals surface area contributed by atoms with Gasteiger partial charge >= 0.3 is 9.24 Å². The van der Waals surface area contributed by atoms with E-state index in [1.807, 2.05) is 0 Å². The summed E-state index contributed by atoms with van der Waals surface area (Å²) in [6.07, 6.45) is 0.906. The van der Waals surface area contributed by atoms with Gasteiger partial charge < -0.3 is 5.32 Å². The Morgan fingerprint density at radius 1 is 0.861 bits per heavy atom. The van der Waals surface area contributed by atoms with Crippen molar-refractivity contribution in [1.82, 2.24) is 13.9 Å². The van der Waals surface area contributed by atoms with E-state index in [0.717, 1.165) is 16.6 Å². The van der Waals surface area contributed by atoms with Gasteiger partial charge in [-0.2, -0.15) is 25.4 Å². The number of hydrogen-bond acceptors (Lipinski definition) is 8. The van der Waals surface area contributed by atoms with E-state index >= 15 is 0 Å². The summed E-state index contributed by atoms with van der Waals surface area (Å²) in [5, 5.41) is 7.19. The van der Waals surface area contributed by atoms with Gasteiger partial charge in [-0.1, -0.05) is 4.40 Å². The maximum atomic E-state index is 12.4. The van der Waals surface area contributed by atoms with Gasteiger partial charge in [-0.3, -0.25) is 0 Å². The average Bonchev–Trinajstić information content (AvgIpc) is 3.32. The first-order valence-corrected chi connectivity index (χ1v) is 15.1. The largest absolute Gasteiger partial charge is 0.350 e. The van der Waals surface area contributed by atoms with Crippen molar-refractivity contribution in [2.24, 2.45) is 9.54 Å². The van der Waals surface area contributed by atoms with Gasteiger partial charge in [-0.05, 0) is 0 Å². The molecule has 0 bridgehead atoms. The third-order valence-electron chi connectivity index (χ3n) is 4.30. The first-order valence-electron chi connectivity index (χ1n) is 9.50. The fourth-order valence-electron chi connectivity index (χ4n) is 2.58. The monoisotopic (exact) mass is 619 g/mol. The molecule has 0 spiro atoms. The Morgan fingerprint density at radius 3 is 1.42 bits per heavy atom. The van der Waals surface area contributed by atoms with E-state index in [0.29, 0.717) is 10.8 Å². The molecular formula is C14H24ClF6N5O7S3. The Morgan fingerprint density at radius 2 is 1.31 bits per heavy atom. The molecule has 0 amide bonds. The molecule has 12 nitrogen and oxygen atoms in total. The molecule has 0 aromatic carbocycles. The van der Waals surface area contributed by atoms with E-state index in [1.54, 1.807) is 0 Å². The highest BCUT2D eigenvalue weighted by atomic mass is 35.7. The van der Waals surface area contributed by atoms with Crippen molar-refractivity contribution in [3.05, 3.63) is 0 Å². The van der Waals surface area contributed by atoms with Crippen LogP contribution in [0.5, 0.6) is 0 Å². The molecule has 36 heavy (non-hydrogen) atoms. The zero-order chi connectivity index (χ0) is 28.6. The second-order valence-corrected chi connectivity index (χ2v) is 13.3. The van der Waals surface area contributed by atoms with Crippen molar-refractivity contribution in [3.8, 4) is 0 Å². The van der Waals surface area contributed by atoms with Crippen LogP contribution in [0, 0.1) is 0 Å². The van der Waals surface area contributed by atoms with E-state index < -0.39 is 66.7 Å². The molecule has 3 aliphatic heterocycles. The predicted molar refractivity (Wildman–Crippen MR) is 116 cm³/mol. The summed E-state index contributed by atoms with van der Waals surface area (Å²) in [6.45, 7) is -1.37. The van der Waals surface area contributed by atoms with Gasteiger partial charge in [0.15, 0.2) is 0 Å². The number of nitrogens with one attached hydrogen (secondary N) is 1. The van der Waals surface area contributed by atoms with Gasteiger partial charge in [0.25, 0.3) is 34.1 Å². The van der Waals surface area contributed by atoms with Crippen molar-refractivity contribution < 1.29 is 56.4 Å². The van der Waals surface area contributed by atoms with Crippen molar-refractivity contribution in [3.63, 3.8) is 0 Å². The average molecular weight is 620 g/mol. The lowest BCUT2D eigenvalue weighted by Gasteiger charge is -2.11. The lowest BCUT2D eigenvalue weighted by molar-refractivity contribution is 0.0178. The SMILES string of the molecule is CS(=O)(=O)N1CCC(F)(F)C1.FC1(F)CCNC1.NS(=O)(=O)N1CCC(F)(F)C1.O=C=NS(=O)(=O)Cl. The number of rotatable bonds is 3. The number of hydrogen-bond donors (Lipinski definition) is 2. The van der Waals surface area contributed by atoms with Crippen LogP contribution in [0.1, 0.15) is 19.3 Å². The van der Waals surface area contributed by atoms with E-state index in [4.69, 9.17) is 4.79 Å². The van der Waals surface area contributed by atoms with Gasteiger partial charge in [0.2, 0.25) is 10.0 Å². The Labute approximate surface area is 208 Å². The van der Waals surface area contributed by atoms with Crippen LogP contribution in [-0.2, 0) is 34.3 Å². The van der Waals surface area contributed by atoms with Crippen LogP contribution in [0.15, 0.2) is 4.40 Å².